The highest BCUT2D eigenvalue weighted by atomic mass is 127. The summed E-state index contributed by atoms with van der Waals surface area (Å²) < 4.78 is 0. The van der Waals surface area contributed by atoms with E-state index in [1.165, 1.54) is 58.3 Å². The van der Waals surface area contributed by atoms with E-state index in [-0.39, 0.29) is 24.0 Å². The molecule has 0 aromatic heterocycles. The van der Waals surface area contributed by atoms with Gasteiger partial charge in [0, 0.05) is 38.8 Å². The Bertz CT molecular complexity index is 328. The molecule has 0 aliphatic carbocycles. The number of halogens is 1. The highest BCUT2D eigenvalue weighted by molar-refractivity contribution is 14.0. The first-order valence-corrected chi connectivity index (χ1v) is 8.62. The second kappa shape index (κ2) is 10.6. The molecule has 0 amide bonds. The molecule has 0 radical (unpaired) electrons. The van der Waals surface area contributed by atoms with Crippen LogP contribution in [0.15, 0.2) is 4.99 Å². The Labute approximate surface area is 153 Å². The number of piperidine rings is 1. The number of likely N-dealkylation sites (N-methyl/N-ethyl adjacent to an activating group) is 1. The predicted molar refractivity (Wildman–Crippen MR) is 105 cm³/mol. The lowest BCUT2D eigenvalue weighted by Gasteiger charge is -2.33. The van der Waals surface area contributed by atoms with Crippen molar-refractivity contribution in [2.45, 2.75) is 51.1 Å². The lowest BCUT2D eigenvalue weighted by Crippen LogP contribution is -2.50. The van der Waals surface area contributed by atoms with E-state index >= 15 is 0 Å². The first-order chi connectivity index (χ1) is 10.2. The van der Waals surface area contributed by atoms with Gasteiger partial charge in [-0.05, 0) is 52.2 Å². The third-order valence-corrected chi connectivity index (χ3v) is 4.87. The zero-order valence-corrected chi connectivity index (χ0v) is 16.8. The molecule has 22 heavy (non-hydrogen) atoms. The fourth-order valence-electron chi connectivity index (χ4n) is 3.46. The lowest BCUT2D eigenvalue weighted by atomic mass is 10.1. The van der Waals surface area contributed by atoms with Gasteiger partial charge in [0.2, 0.25) is 0 Å². The van der Waals surface area contributed by atoms with Gasteiger partial charge in [-0.3, -0.25) is 4.99 Å². The minimum atomic E-state index is 0. The van der Waals surface area contributed by atoms with Crippen LogP contribution in [0.3, 0.4) is 0 Å². The van der Waals surface area contributed by atoms with Crippen LogP contribution in [0.5, 0.6) is 0 Å². The Kier molecular flexibility index (Phi) is 9.66. The first kappa shape index (κ1) is 20.0. The summed E-state index contributed by atoms with van der Waals surface area (Å²) in [6.07, 6.45) is 6.34. The first-order valence-electron chi connectivity index (χ1n) is 8.62. The summed E-state index contributed by atoms with van der Waals surface area (Å²) in [6, 6.07) is 1.24. The van der Waals surface area contributed by atoms with Crippen LogP contribution in [0.1, 0.15) is 39.0 Å². The van der Waals surface area contributed by atoms with Crippen molar-refractivity contribution < 1.29 is 0 Å². The van der Waals surface area contributed by atoms with E-state index in [0.29, 0.717) is 12.1 Å². The molecule has 2 fully saturated rings. The molecule has 5 nitrogen and oxygen atoms in total. The van der Waals surface area contributed by atoms with Gasteiger partial charge >= 0.3 is 0 Å². The molecular formula is C16H34IN5. The molecule has 0 saturated carbocycles. The van der Waals surface area contributed by atoms with Crippen molar-refractivity contribution in [1.29, 1.82) is 0 Å². The molecule has 6 heteroatoms. The van der Waals surface area contributed by atoms with E-state index < -0.39 is 0 Å². The largest absolute Gasteiger partial charge is 0.355 e. The van der Waals surface area contributed by atoms with Gasteiger partial charge < -0.3 is 20.4 Å². The Hall–Kier alpha value is -0.0800. The zero-order chi connectivity index (χ0) is 15.1. The summed E-state index contributed by atoms with van der Waals surface area (Å²) >= 11 is 0. The third-order valence-electron chi connectivity index (χ3n) is 4.87. The van der Waals surface area contributed by atoms with Crippen LogP contribution in [0.2, 0.25) is 0 Å². The second-order valence-electron chi connectivity index (χ2n) is 6.49. The van der Waals surface area contributed by atoms with Crippen LogP contribution in [0.25, 0.3) is 0 Å². The zero-order valence-electron chi connectivity index (χ0n) is 14.5. The summed E-state index contributed by atoms with van der Waals surface area (Å²) in [6.45, 7) is 8.17. The predicted octanol–water partition coefficient (Wildman–Crippen LogP) is 1.74. The average Bonchev–Trinajstić information content (AvgIpc) is 2.91. The van der Waals surface area contributed by atoms with E-state index in [1.54, 1.807) is 0 Å². The number of guanidine groups is 1. The maximum Gasteiger partial charge on any atom is 0.191 e. The van der Waals surface area contributed by atoms with Gasteiger partial charge in [-0.1, -0.05) is 6.92 Å². The summed E-state index contributed by atoms with van der Waals surface area (Å²) in [5.74, 6) is 0.976. The molecule has 0 aromatic carbocycles. The standard InChI is InChI=1S/C16H33N5.HI/c1-4-9-21-11-7-14(8-12-21)19-16(17-2)18-13-15-6-5-10-20(15)3;/h14-15H,4-13H2,1-3H3,(H2,17,18,19);1H. The monoisotopic (exact) mass is 423 g/mol. The minimum absolute atomic E-state index is 0. The van der Waals surface area contributed by atoms with Crippen molar-refractivity contribution in [2.75, 3.05) is 46.8 Å². The average molecular weight is 423 g/mol. The van der Waals surface area contributed by atoms with Crippen LogP contribution >= 0.6 is 24.0 Å². The van der Waals surface area contributed by atoms with Crippen molar-refractivity contribution in [3.63, 3.8) is 0 Å². The number of nitrogens with one attached hydrogen (secondary N) is 2. The van der Waals surface area contributed by atoms with Gasteiger partial charge in [0.1, 0.15) is 0 Å². The molecule has 2 aliphatic rings. The highest BCUT2D eigenvalue weighted by Gasteiger charge is 2.22. The number of rotatable bonds is 5. The number of hydrogen-bond acceptors (Lipinski definition) is 3. The molecule has 2 aliphatic heterocycles. The number of likely N-dealkylation sites (tertiary alicyclic amines) is 2. The van der Waals surface area contributed by atoms with Gasteiger partial charge in [-0.2, -0.15) is 0 Å². The molecule has 130 valence electrons. The molecule has 2 rings (SSSR count). The summed E-state index contributed by atoms with van der Waals surface area (Å²) in [5, 5.41) is 7.11. The van der Waals surface area contributed by atoms with Gasteiger partial charge in [0.05, 0.1) is 0 Å². The van der Waals surface area contributed by atoms with Crippen LogP contribution < -0.4 is 10.6 Å². The lowest BCUT2D eigenvalue weighted by molar-refractivity contribution is 0.206. The molecule has 0 spiro atoms. The molecular weight excluding hydrogens is 389 g/mol. The molecule has 0 aromatic rings. The van der Waals surface area contributed by atoms with Crippen LogP contribution in [0.4, 0.5) is 0 Å². The molecule has 2 heterocycles. The van der Waals surface area contributed by atoms with Crippen molar-refractivity contribution in [3.05, 3.63) is 0 Å². The molecule has 1 unspecified atom stereocenters. The van der Waals surface area contributed by atoms with E-state index in [2.05, 4.69) is 39.4 Å². The van der Waals surface area contributed by atoms with Gasteiger partial charge in [0.15, 0.2) is 5.96 Å². The highest BCUT2D eigenvalue weighted by Crippen LogP contribution is 2.13. The number of hydrogen-bond donors (Lipinski definition) is 2. The number of aliphatic imine (C=N–C) groups is 1. The van der Waals surface area contributed by atoms with E-state index in [1.807, 2.05) is 7.05 Å². The molecule has 2 saturated heterocycles. The SMILES string of the molecule is CCCN1CCC(NC(=NC)NCC2CCCN2C)CC1.I. The Morgan fingerprint density at radius 1 is 1.18 bits per heavy atom. The minimum Gasteiger partial charge on any atom is -0.355 e. The quantitative estimate of drug-likeness (QED) is 0.402. The molecule has 0 bridgehead atoms. The molecule has 1 atom stereocenters. The van der Waals surface area contributed by atoms with E-state index in [0.717, 1.165) is 12.5 Å². The summed E-state index contributed by atoms with van der Waals surface area (Å²) in [7, 11) is 4.10. The normalized spacial score (nSPS) is 25.0. The maximum atomic E-state index is 4.39. The van der Waals surface area contributed by atoms with Gasteiger partial charge in [-0.25, -0.2) is 0 Å². The third kappa shape index (κ3) is 6.20. The Balaban J connectivity index is 0.00000242. The second-order valence-corrected chi connectivity index (χ2v) is 6.49. The fourth-order valence-corrected chi connectivity index (χ4v) is 3.46. The van der Waals surface area contributed by atoms with Gasteiger partial charge in [0.25, 0.3) is 0 Å². The topological polar surface area (TPSA) is 42.9 Å². The van der Waals surface area contributed by atoms with Crippen molar-refractivity contribution in [3.8, 4) is 0 Å². The maximum absolute atomic E-state index is 4.39. The van der Waals surface area contributed by atoms with Crippen molar-refractivity contribution in [1.82, 2.24) is 20.4 Å². The summed E-state index contributed by atoms with van der Waals surface area (Å²) in [4.78, 5) is 9.41. The fraction of sp³-hybridized carbons (Fsp3) is 0.938. The number of nitrogens with zero attached hydrogens (tertiary/aromatic N) is 3. The smallest absolute Gasteiger partial charge is 0.191 e. The van der Waals surface area contributed by atoms with E-state index in [4.69, 9.17) is 0 Å². The van der Waals surface area contributed by atoms with Crippen molar-refractivity contribution >= 4 is 29.9 Å². The van der Waals surface area contributed by atoms with E-state index in [9.17, 15) is 0 Å². The van der Waals surface area contributed by atoms with Crippen molar-refractivity contribution in [2.24, 2.45) is 4.99 Å². The molecule has 2 N–H and O–H groups in total. The Morgan fingerprint density at radius 3 is 2.45 bits per heavy atom. The van der Waals surface area contributed by atoms with Crippen LogP contribution in [-0.2, 0) is 0 Å². The van der Waals surface area contributed by atoms with Crippen LogP contribution in [-0.4, -0.2) is 74.7 Å². The van der Waals surface area contributed by atoms with Gasteiger partial charge in [-0.15, -0.1) is 24.0 Å². The summed E-state index contributed by atoms with van der Waals surface area (Å²) in [5.41, 5.74) is 0. The Morgan fingerprint density at radius 2 is 1.91 bits per heavy atom. The van der Waals surface area contributed by atoms with Crippen LogP contribution in [0, 0.1) is 0 Å².